The molecule has 3 heterocycles. The normalized spacial score (nSPS) is 21.0. The predicted octanol–water partition coefficient (Wildman–Crippen LogP) is 4.78. The van der Waals surface area contributed by atoms with Gasteiger partial charge < -0.3 is 9.88 Å². The molecule has 0 radical (unpaired) electrons. The number of aromatic amines is 1. The lowest BCUT2D eigenvalue weighted by molar-refractivity contribution is 0.0957. The molecule has 0 aliphatic carbocycles. The minimum absolute atomic E-state index is 0.122. The standard InChI is InChI=1S/C24H33N5OS/c1-5-8-18(11-19-13-25-21-10-7-6-9-20(19)21)12-22(30)23-26-27-24(31-23)29-14-16(2)28(4)17(3)15-29/h6-7,9-10,13,16-18,25H,5,8,11-12,14-15H2,1-4H3/t16-,17+,18?. The SMILES string of the molecule is CCCC(CC(=O)c1nnc(N2C[C@@H](C)N(C)[C@@H](C)C2)s1)Cc1c[nH]c2ccccc12. The van der Waals surface area contributed by atoms with Crippen molar-refractivity contribution in [2.45, 2.75) is 58.5 Å². The molecule has 3 aromatic rings. The summed E-state index contributed by atoms with van der Waals surface area (Å²) in [6.07, 6.45) is 5.62. The van der Waals surface area contributed by atoms with Gasteiger partial charge in [-0.05, 0) is 51.3 Å². The first-order chi connectivity index (χ1) is 15.0. The van der Waals surface area contributed by atoms with Crippen LogP contribution in [0.15, 0.2) is 30.5 Å². The highest BCUT2D eigenvalue weighted by molar-refractivity contribution is 7.17. The van der Waals surface area contributed by atoms with Crippen molar-refractivity contribution in [1.29, 1.82) is 0 Å². The molecule has 4 rings (SSSR count). The van der Waals surface area contributed by atoms with Crippen LogP contribution < -0.4 is 4.90 Å². The molecule has 3 atom stereocenters. The summed E-state index contributed by atoms with van der Waals surface area (Å²) in [5.41, 5.74) is 2.45. The molecule has 1 aliphatic heterocycles. The topological polar surface area (TPSA) is 65.1 Å². The van der Waals surface area contributed by atoms with E-state index in [1.54, 1.807) is 0 Å². The number of hydrogen-bond donors (Lipinski definition) is 1. The fraction of sp³-hybridized carbons (Fsp3) is 0.542. The summed E-state index contributed by atoms with van der Waals surface area (Å²) in [5.74, 6) is 0.435. The molecule has 1 N–H and O–H groups in total. The Morgan fingerprint density at radius 2 is 1.97 bits per heavy atom. The number of aromatic nitrogens is 3. The first-order valence-corrected chi connectivity index (χ1v) is 12.2. The highest BCUT2D eigenvalue weighted by atomic mass is 32.1. The lowest BCUT2D eigenvalue weighted by Crippen LogP contribution is -2.55. The van der Waals surface area contributed by atoms with Crippen molar-refractivity contribution in [2.75, 3.05) is 25.0 Å². The monoisotopic (exact) mass is 439 g/mol. The van der Waals surface area contributed by atoms with Crippen LogP contribution in [0.5, 0.6) is 0 Å². The summed E-state index contributed by atoms with van der Waals surface area (Å²) in [5, 5.41) is 11.3. The van der Waals surface area contributed by atoms with Crippen LogP contribution in [0.3, 0.4) is 0 Å². The number of nitrogens with zero attached hydrogens (tertiary/aromatic N) is 4. The molecule has 1 aliphatic rings. The Bertz CT molecular complexity index is 1020. The molecule has 7 heteroatoms. The van der Waals surface area contributed by atoms with Crippen molar-refractivity contribution in [3.05, 3.63) is 41.0 Å². The van der Waals surface area contributed by atoms with Gasteiger partial charge in [0.15, 0.2) is 10.8 Å². The quantitative estimate of drug-likeness (QED) is 0.512. The fourth-order valence-corrected chi connectivity index (χ4v) is 5.47. The average Bonchev–Trinajstić information content (AvgIpc) is 3.40. The van der Waals surface area contributed by atoms with E-state index in [0.717, 1.165) is 43.0 Å². The van der Waals surface area contributed by atoms with E-state index in [2.05, 4.69) is 77.2 Å². The minimum atomic E-state index is 0.122. The molecular weight excluding hydrogens is 406 g/mol. The van der Waals surface area contributed by atoms with Crippen LogP contribution in [0.1, 0.15) is 55.4 Å². The Hall–Kier alpha value is -2.25. The number of anilines is 1. The second-order valence-electron chi connectivity index (χ2n) is 9.00. The Kier molecular flexibility index (Phi) is 6.72. The van der Waals surface area contributed by atoms with Crippen LogP contribution in [0.25, 0.3) is 10.9 Å². The third kappa shape index (κ3) is 4.83. The molecule has 0 spiro atoms. The van der Waals surface area contributed by atoms with Crippen molar-refractivity contribution in [3.8, 4) is 0 Å². The second kappa shape index (κ2) is 9.49. The van der Waals surface area contributed by atoms with E-state index in [1.165, 1.54) is 22.3 Å². The molecule has 1 aromatic carbocycles. The van der Waals surface area contributed by atoms with Crippen LogP contribution in [0.4, 0.5) is 5.13 Å². The molecule has 6 nitrogen and oxygen atoms in total. The van der Waals surface area contributed by atoms with Gasteiger partial charge in [-0.3, -0.25) is 9.69 Å². The van der Waals surface area contributed by atoms with E-state index in [1.807, 2.05) is 6.07 Å². The van der Waals surface area contributed by atoms with Crippen molar-refractivity contribution >= 4 is 33.2 Å². The van der Waals surface area contributed by atoms with E-state index in [-0.39, 0.29) is 5.78 Å². The number of nitrogens with one attached hydrogen (secondary N) is 1. The number of piperazine rings is 1. The summed E-state index contributed by atoms with van der Waals surface area (Å²) < 4.78 is 0. The van der Waals surface area contributed by atoms with E-state index in [9.17, 15) is 4.79 Å². The minimum Gasteiger partial charge on any atom is -0.361 e. The number of carbonyl (C=O) groups excluding carboxylic acids is 1. The maximum Gasteiger partial charge on any atom is 0.208 e. The number of likely N-dealkylation sites (N-methyl/N-ethyl adjacent to an activating group) is 1. The van der Waals surface area contributed by atoms with Crippen molar-refractivity contribution in [1.82, 2.24) is 20.1 Å². The van der Waals surface area contributed by atoms with Crippen LogP contribution in [0.2, 0.25) is 0 Å². The van der Waals surface area contributed by atoms with Crippen LogP contribution in [0, 0.1) is 5.92 Å². The summed E-state index contributed by atoms with van der Waals surface area (Å²) in [4.78, 5) is 21.1. The van der Waals surface area contributed by atoms with Gasteiger partial charge in [0.1, 0.15) is 0 Å². The van der Waals surface area contributed by atoms with Crippen molar-refractivity contribution < 1.29 is 4.79 Å². The molecule has 0 amide bonds. The zero-order chi connectivity index (χ0) is 22.0. The van der Waals surface area contributed by atoms with Crippen LogP contribution >= 0.6 is 11.3 Å². The van der Waals surface area contributed by atoms with Gasteiger partial charge in [-0.15, -0.1) is 10.2 Å². The van der Waals surface area contributed by atoms with Gasteiger partial charge in [-0.25, -0.2) is 0 Å². The molecule has 0 bridgehead atoms. The van der Waals surface area contributed by atoms with Gasteiger partial charge in [0.2, 0.25) is 5.13 Å². The van der Waals surface area contributed by atoms with Crippen molar-refractivity contribution in [3.63, 3.8) is 0 Å². The number of benzene rings is 1. The van der Waals surface area contributed by atoms with Gasteiger partial charge in [0, 0.05) is 48.7 Å². The van der Waals surface area contributed by atoms with Crippen LogP contribution in [-0.4, -0.2) is 58.1 Å². The number of Topliss-reactive ketones (excluding diaryl/α,β-unsaturated/α-hetero) is 1. The number of para-hydroxylation sites is 1. The largest absolute Gasteiger partial charge is 0.361 e. The van der Waals surface area contributed by atoms with Crippen molar-refractivity contribution in [2.24, 2.45) is 5.92 Å². The zero-order valence-corrected chi connectivity index (χ0v) is 19.8. The molecule has 2 aromatic heterocycles. The molecule has 1 fully saturated rings. The van der Waals surface area contributed by atoms with Gasteiger partial charge >= 0.3 is 0 Å². The van der Waals surface area contributed by atoms with E-state index in [4.69, 9.17) is 0 Å². The van der Waals surface area contributed by atoms with Crippen LogP contribution in [-0.2, 0) is 6.42 Å². The number of hydrogen-bond acceptors (Lipinski definition) is 6. The third-order valence-electron chi connectivity index (χ3n) is 6.64. The number of rotatable bonds is 8. The molecule has 1 saturated heterocycles. The maximum absolute atomic E-state index is 13.1. The first kappa shape index (κ1) is 22.0. The maximum atomic E-state index is 13.1. The molecule has 1 unspecified atom stereocenters. The van der Waals surface area contributed by atoms with Gasteiger partial charge in [-0.2, -0.15) is 0 Å². The lowest BCUT2D eigenvalue weighted by atomic mass is 9.90. The number of fused-ring (bicyclic) bond motifs is 1. The smallest absolute Gasteiger partial charge is 0.208 e. The number of H-pyrrole nitrogens is 1. The Morgan fingerprint density at radius 3 is 2.71 bits per heavy atom. The second-order valence-corrected chi connectivity index (χ2v) is 9.96. The summed E-state index contributed by atoms with van der Waals surface area (Å²) in [6, 6.07) is 9.28. The Morgan fingerprint density at radius 1 is 1.23 bits per heavy atom. The fourth-order valence-electron chi connectivity index (χ4n) is 4.66. The summed E-state index contributed by atoms with van der Waals surface area (Å²) in [6.45, 7) is 8.49. The Balaban J connectivity index is 1.43. The van der Waals surface area contributed by atoms with Gasteiger partial charge in [0.05, 0.1) is 0 Å². The third-order valence-corrected chi connectivity index (χ3v) is 7.66. The summed E-state index contributed by atoms with van der Waals surface area (Å²) >= 11 is 1.45. The molecule has 31 heavy (non-hydrogen) atoms. The molecule has 0 saturated carbocycles. The lowest BCUT2D eigenvalue weighted by Gasteiger charge is -2.42. The Labute approximate surface area is 188 Å². The average molecular weight is 440 g/mol. The summed E-state index contributed by atoms with van der Waals surface area (Å²) in [7, 11) is 2.17. The van der Waals surface area contributed by atoms with E-state index >= 15 is 0 Å². The van der Waals surface area contributed by atoms with Gasteiger partial charge in [0.25, 0.3) is 0 Å². The molecular formula is C24H33N5OS. The van der Waals surface area contributed by atoms with E-state index < -0.39 is 0 Å². The first-order valence-electron chi connectivity index (χ1n) is 11.3. The number of carbonyl (C=O) groups is 1. The molecule has 166 valence electrons. The number of ketones is 1. The zero-order valence-electron chi connectivity index (χ0n) is 19.0. The predicted molar refractivity (Wildman–Crippen MR) is 128 cm³/mol. The van der Waals surface area contributed by atoms with Gasteiger partial charge in [-0.1, -0.05) is 42.9 Å². The highest BCUT2D eigenvalue weighted by Crippen LogP contribution is 2.29. The van der Waals surface area contributed by atoms with E-state index in [0.29, 0.717) is 29.4 Å². The highest BCUT2D eigenvalue weighted by Gasteiger charge is 2.29.